The number of hydrogen-bond donors (Lipinski definition) is 4. The van der Waals surface area contributed by atoms with E-state index in [1.165, 1.54) is 12.8 Å². The number of amides is 1. The summed E-state index contributed by atoms with van der Waals surface area (Å²) < 4.78 is 5.44. The molecule has 1 rings (SSSR count). The number of nitrogens with one attached hydrogen (secondary N) is 1. The number of carbonyl (C=O) groups excluding carboxylic acids is 1. The van der Waals surface area contributed by atoms with Crippen LogP contribution in [-0.2, 0) is 9.53 Å². The first kappa shape index (κ1) is 20.4. The monoisotopic (exact) mass is 331 g/mol. The molecule has 6 heteroatoms. The first-order chi connectivity index (χ1) is 10.9. The topological polar surface area (TPSA) is 99.0 Å². The van der Waals surface area contributed by atoms with E-state index in [1.807, 2.05) is 0 Å². The second-order valence-corrected chi connectivity index (χ2v) is 6.98. The molecule has 1 amide bonds. The summed E-state index contributed by atoms with van der Waals surface area (Å²) in [5.74, 6) is 0.588. The van der Waals surface area contributed by atoms with Gasteiger partial charge in [-0.25, -0.2) is 0 Å². The Labute approximate surface area is 139 Å². The average molecular weight is 331 g/mol. The molecule has 23 heavy (non-hydrogen) atoms. The van der Waals surface area contributed by atoms with Crippen molar-refractivity contribution in [2.75, 3.05) is 6.61 Å². The Morgan fingerprint density at radius 1 is 1.13 bits per heavy atom. The van der Waals surface area contributed by atoms with Crippen molar-refractivity contribution in [3.8, 4) is 0 Å². The molecule has 0 radical (unpaired) electrons. The van der Waals surface area contributed by atoms with Crippen molar-refractivity contribution in [2.45, 2.75) is 89.8 Å². The molecule has 0 bridgehead atoms. The zero-order chi connectivity index (χ0) is 17.4. The minimum Gasteiger partial charge on any atom is -0.394 e. The largest absolute Gasteiger partial charge is 0.394 e. The van der Waals surface area contributed by atoms with Crippen LogP contribution in [0.5, 0.6) is 0 Å². The van der Waals surface area contributed by atoms with Gasteiger partial charge in [0.1, 0.15) is 18.3 Å². The SMILES string of the molecule is CC(C)CCCCCCC(=O)N[C@H]1C(O)[C@H](O)C(CO)O[C@H]1C. The van der Waals surface area contributed by atoms with Gasteiger partial charge in [0.2, 0.25) is 5.91 Å². The molecule has 0 aromatic rings. The summed E-state index contributed by atoms with van der Waals surface area (Å²) in [6, 6.07) is -0.652. The van der Waals surface area contributed by atoms with Gasteiger partial charge >= 0.3 is 0 Å². The average Bonchev–Trinajstić information content (AvgIpc) is 2.50. The second-order valence-electron chi connectivity index (χ2n) is 6.98. The molecular weight excluding hydrogens is 298 g/mol. The van der Waals surface area contributed by atoms with Gasteiger partial charge in [0, 0.05) is 6.42 Å². The van der Waals surface area contributed by atoms with Gasteiger partial charge < -0.3 is 25.4 Å². The van der Waals surface area contributed by atoms with Gasteiger partial charge in [-0.15, -0.1) is 0 Å². The summed E-state index contributed by atoms with van der Waals surface area (Å²) in [5.41, 5.74) is 0. The molecule has 4 N–H and O–H groups in total. The highest BCUT2D eigenvalue weighted by Gasteiger charge is 2.42. The van der Waals surface area contributed by atoms with Gasteiger partial charge in [0.25, 0.3) is 0 Å². The third kappa shape index (κ3) is 6.75. The molecule has 1 heterocycles. The molecule has 136 valence electrons. The van der Waals surface area contributed by atoms with Gasteiger partial charge in [0.15, 0.2) is 0 Å². The third-order valence-corrected chi connectivity index (χ3v) is 4.44. The number of unbranched alkanes of at least 4 members (excludes halogenated alkanes) is 3. The summed E-state index contributed by atoms with van der Waals surface area (Å²) in [7, 11) is 0. The van der Waals surface area contributed by atoms with Gasteiger partial charge in [-0.05, 0) is 19.3 Å². The molecule has 1 aliphatic heterocycles. The van der Waals surface area contributed by atoms with Gasteiger partial charge in [-0.3, -0.25) is 4.79 Å². The highest BCUT2D eigenvalue weighted by Crippen LogP contribution is 2.21. The van der Waals surface area contributed by atoms with E-state index in [-0.39, 0.29) is 12.5 Å². The van der Waals surface area contributed by atoms with E-state index in [1.54, 1.807) is 6.92 Å². The van der Waals surface area contributed by atoms with Crippen molar-refractivity contribution in [3.05, 3.63) is 0 Å². The molecule has 2 unspecified atom stereocenters. The molecule has 1 aliphatic rings. The van der Waals surface area contributed by atoms with Crippen molar-refractivity contribution < 1.29 is 24.9 Å². The van der Waals surface area contributed by atoms with E-state index in [2.05, 4.69) is 19.2 Å². The van der Waals surface area contributed by atoms with Crippen LogP contribution in [0.15, 0.2) is 0 Å². The highest BCUT2D eigenvalue weighted by atomic mass is 16.5. The standard InChI is InChI=1S/C17H33NO5/c1-11(2)8-6-4-5-7-9-14(20)18-15-12(3)23-13(10-19)16(21)17(15)22/h11-13,15-17,19,21-22H,4-10H2,1-3H3,(H,18,20)/t12-,13?,15+,16+,17?/m0/s1. The van der Waals surface area contributed by atoms with Crippen LogP contribution in [0.3, 0.4) is 0 Å². The van der Waals surface area contributed by atoms with Crippen molar-refractivity contribution in [1.82, 2.24) is 5.32 Å². The lowest BCUT2D eigenvalue weighted by Gasteiger charge is -2.41. The van der Waals surface area contributed by atoms with Crippen molar-refractivity contribution in [1.29, 1.82) is 0 Å². The first-order valence-corrected chi connectivity index (χ1v) is 8.78. The maximum Gasteiger partial charge on any atom is 0.220 e. The Bertz CT molecular complexity index is 350. The predicted molar refractivity (Wildman–Crippen MR) is 87.9 cm³/mol. The highest BCUT2D eigenvalue weighted by molar-refractivity contribution is 5.76. The van der Waals surface area contributed by atoms with Crippen LogP contribution in [0.1, 0.15) is 59.3 Å². The van der Waals surface area contributed by atoms with E-state index < -0.39 is 30.5 Å². The van der Waals surface area contributed by atoms with Crippen molar-refractivity contribution >= 4 is 5.91 Å². The minimum atomic E-state index is -1.20. The maximum atomic E-state index is 12.0. The number of rotatable bonds is 9. The second kappa shape index (κ2) is 10.2. The molecule has 0 aromatic carbocycles. The van der Waals surface area contributed by atoms with Crippen LogP contribution in [0.2, 0.25) is 0 Å². The lowest BCUT2D eigenvalue weighted by Crippen LogP contribution is -2.63. The van der Waals surface area contributed by atoms with E-state index in [0.29, 0.717) is 6.42 Å². The normalized spacial score (nSPS) is 31.3. The molecular formula is C17H33NO5. The first-order valence-electron chi connectivity index (χ1n) is 8.78. The molecule has 1 fully saturated rings. The lowest BCUT2D eigenvalue weighted by molar-refractivity contribution is -0.190. The summed E-state index contributed by atoms with van der Waals surface area (Å²) in [6.45, 7) is 5.78. The molecule has 0 aliphatic carbocycles. The Hall–Kier alpha value is -0.690. The summed E-state index contributed by atoms with van der Waals surface area (Å²) in [5, 5.41) is 31.8. The molecule has 1 saturated heterocycles. The lowest BCUT2D eigenvalue weighted by atomic mass is 9.93. The Morgan fingerprint density at radius 2 is 1.78 bits per heavy atom. The molecule has 5 atom stereocenters. The fraction of sp³-hybridized carbons (Fsp3) is 0.941. The van der Waals surface area contributed by atoms with Crippen molar-refractivity contribution in [3.63, 3.8) is 0 Å². The number of hydrogen-bond acceptors (Lipinski definition) is 5. The summed E-state index contributed by atoms with van der Waals surface area (Å²) in [4.78, 5) is 12.0. The van der Waals surface area contributed by atoms with Crippen LogP contribution < -0.4 is 5.32 Å². The number of aliphatic hydroxyl groups excluding tert-OH is 3. The van der Waals surface area contributed by atoms with Gasteiger partial charge in [0.05, 0.1) is 18.8 Å². The fourth-order valence-electron chi connectivity index (χ4n) is 2.95. The minimum absolute atomic E-state index is 0.136. The van der Waals surface area contributed by atoms with Crippen LogP contribution in [-0.4, -0.2) is 58.3 Å². The number of aliphatic hydroxyl groups is 3. The van der Waals surface area contributed by atoms with E-state index >= 15 is 0 Å². The quantitative estimate of drug-likeness (QED) is 0.472. The van der Waals surface area contributed by atoms with Crippen LogP contribution in [0, 0.1) is 5.92 Å². The molecule has 0 spiro atoms. The number of carbonyl (C=O) groups is 1. The molecule has 6 nitrogen and oxygen atoms in total. The molecule has 0 aromatic heterocycles. The van der Waals surface area contributed by atoms with Crippen molar-refractivity contribution in [2.24, 2.45) is 5.92 Å². The smallest absolute Gasteiger partial charge is 0.220 e. The van der Waals surface area contributed by atoms with Gasteiger partial charge in [-0.1, -0.05) is 39.5 Å². The van der Waals surface area contributed by atoms with Crippen LogP contribution in [0.25, 0.3) is 0 Å². The maximum absolute atomic E-state index is 12.0. The predicted octanol–water partition coefficient (Wildman–Crippen LogP) is 0.969. The number of ether oxygens (including phenoxy) is 1. The Morgan fingerprint density at radius 3 is 2.39 bits per heavy atom. The summed E-state index contributed by atoms with van der Waals surface area (Å²) >= 11 is 0. The fourth-order valence-corrected chi connectivity index (χ4v) is 2.95. The van der Waals surface area contributed by atoms with E-state index in [0.717, 1.165) is 25.2 Å². The summed E-state index contributed by atoms with van der Waals surface area (Å²) in [6.07, 6.45) is 2.21. The zero-order valence-electron chi connectivity index (χ0n) is 14.6. The van der Waals surface area contributed by atoms with Gasteiger partial charge in [-0.2, -0.15) is 0 Å². The Balaban J connectivity index is 2.28. The molecule has 0 saturated carbocycles. The zero-order valence-corrected chi connectivity index (χ0v) is 14.6. The van der Waals surface area contributed by atoms with E-state index in [4.69, 9.17) is 9.84 Å². The van der Waals surface area contributed by atoms with E-state index in [9.17, 15) is 15.0 Å². The third-order valence-electron chi connectivity index (χ3n) is 4.44. The Kier molecular flexibility index (Phi) is 9.06. The van der Waals surface area contributed by atoms with Crippen LogP contribution in [0.4, 0.5) is 0 Å². The van der Waals surface area contributed by atoms with Crippen LogP contribution >= 0.6 is 0 Å².